The molecular formula is C35H66O5. The fourth-order valence-corrected chi connectivity index (χ4v) is 4.90. The van der Waals surface area contributed by atoms with Crippen LogP contribution in [0.5, 0.6) is 0 Å². The van der Waals surface area contributed by atoms with Crippen LogP contribution in [0.3, 0.4) is 0 Å². The van der Waals surface area contributed by atoms with Crippen molar-refractivity contribution in [2.24, 2.45) is 0 Å². The van der Waals surface area contributed by atoms with Crippen molar-refractivity contribution in [3.63, 3.8) is 0 Å². The van der Waals surface area contributed by atoms with E-state index in [2.05, 4.69) is 26.0 Å². The van der Waals surface area contributed by atoms with Crippen LogP contribution in [-0.4, -0.2) is 36.4 Å². The smallest absolute Gasteiger partial charge is 0.306 e. The van der Waals surface area contributed by atoms with Gasteiger partial charge in [0.15, 0.2) is 6.10 Å². The van der Waals surface area contributed by atoms with Gasteiger partial charge < -0.3 is 14.6 Å². The predicted octanol–water partition coefficient (Wildman–Crippen LogP) is 10.2. The number of hydrogen-bond donors (Lipinski definition) is 1. The van der Waals surface area contributed by atoms with Crippen LogP contribution in [-0.2, 0) is 19.1 Å². The number of unbranched alkanes of at least 4 members (excludes halogenated alkanes) is 21. The molecule has 0 saturated carbocycles. The Morgan fingerprint density at radius 2 is 0.925 bits per heavy atom. The summed E-state index contributed by atoms with van der Waals surface area (Å²) < 4.78 is 10.5. The van der Waals surface area contributed by atoms with Crippen molar-refractivity contribution in [2.45, 2.75) is 187 Å². The molecule has 0 aliphatic rings. The minimum absolute atomic E-state index is 0.0624. The Kier molecular flexibility index (Phi) is 31.1. The van der Waals surface area contributed by atoms with Crippen LogP contribution in [0.15, 0.2) is 12.2 Å². The lowest BCUT2D eigenvalue weighted by molar-refractivity contribution is -0.161. The Bertz CT molecular complexity index is 574. The first-order valence-corrected chi connectivity index (χ1v) is 17.2. The van der Waals surface area contributed by atoms with Gasteiger partial charge in [-0.3, -0.25) is 9.59 Å². The number of carbonyl (C=O) groups is 2. The van der Waals surface area contributed by atoms with Crippen molar-refractivity contribution in [1.82, 2.24) is 0 Å². The van der Waals surface area contributed by atoms with Crippen molar-refractivity contribution >= 4 is 11.9 Å². The summed E-state index contributed by atoms with van der Waals surface area (Å²) in [6.45, 7) is 4.11. The van der Waals surface area contributed by atoms with Crippen LogP contribution in [0, 0.1) is 0 Å². The first-order valence-electron chi connectivity index (χ1n) is 17.2. The van der Waals surface area contributed by atoms with E-state index in [1.54, 1.807) is 0 Å². The van der Waals surface area contributed by atoms with E-state index < -0.39 is 6.10 Å². The number of rotatable bonds is 31. The van der Waals surface area contributed by atoms with E-state index in [0.717, 1.165) is 38.5 Å². The number of aliphatic hydroxyl groups is 1. The lowest BCUT2D eigenvalue weighted by Crippen LogP contribution is -2.28. The molecule has 0 amide bonds. The molecule has 0 aliphatic carbocycles. The van der Waals surface area contributed by atoms with Gasteiger partial charge in [-0.05, 0) is 38.5 Å². The van der Waals surface area contributed by atoms with Gasteiger partial charge in [0.1, 0.15) is 6.61 Å². The average Bonchev–Trinajstić information content (AvgIpc) is 2.96. The zero-order chi connectivity index (χ0) is 29.4. The van der Waals surface area contributed by atoms with Crippen molar-refractivity contribution in [2.75, 3.05) is 13.2 Å². The van der Waals surface area contributed by atoms with Gasteiger partial charge in [0, 0.05) is 12.8 Å². The molecule has 1 N–H and O–H groups in total. The summed E-state index contributed by atoms with van der Waals surface area (Å²) in [4.78, 5) is 24.1. The summed E-state index contributed by atoms with van der Waals surface area (Å²) in [6.07, 6.45) is 34.0. The molecule has 0 rings (SSSR count). The first kappa shape index (κ1) is 38.6. The van der Waals surface area contributed by atoms with Gasteiger partial charge in [-0.1, -0.05) is 142 Å². The highest BCUT2D eigenvalue weighted by Gasteiger charge is 2.16. The highest BCUT2D eigenvalue weighted by molar-refractivity contribution is 5.70. The summed E-state index contributed by atoms with van der Waals surface area (Å²) in [5, 5.41) is 9.50. The summed E-state index contributed by atoms with van der Waals surface area (Å²) in [6, 6.07) is 0. The standard InChI is InChI=1S/C35H66O5/c1-3-5-7-9-11-13-15-16-17-18-20-22-24-26-28-30-35(38)40-33(31-36)32-39-34(37)29-27-25-23-21-19-14-12-10-8-6-4-2/h13,15,33,36H,3-12,14,16-32H2,1-2H3/b15-13+/t33-/m0/s1. The van der Waals surface area contributed by atoms with E-state index >= 15 is 0 Å². The van der Waals surface area contributed by atoms with Crippen molar-refractivity contribution in [3.05, 3.63) is 12.2 Å². The van der Waals surface area contributed by atoms with E-state index in [1.165, 1.54) is 116 Å². The Labute approximate surface area is 248 Å². The summed E-state index contributed by atoms with van der Waals surface area (Å²) in [5.41, 5.74) is 0. The summed E-state index contributed by atoms with van der Waals surface area (Å²) in [5.74, 6) is -0.592. The number of allylic oxidation sites excluding steroid dienone is 2. The quantitative estimate of drug-likeness (QED) is 0.0513. The van der Waals surface area contributed by atoms with Crippen LogP contribution in [0.2, 0.25) is 0 Å². The van der Waals surface area contributed by atoms with E-state index in [1.807, 2.05) is 0 Å². The molecule has 0 aromatic carbocycles. The van der Waals surface area contributed by atoms with Gasteiger partial charge >= 0.3 is 11.9 Å². The fourth-order valence-electron chi connectivity index (χ4n) is 4.90. The normalized spacial score (nSPS) is 12.2. The molecule has 0 aromatic heterocycles. The molecule has 0 radical (unpaired) electrons. The third kappa shape index (κ3) is 29.6. The maximum Gasteiger partial charge on any atom is 0.306 e. The third-order valence-electron chi connectivity index (χ3n) is 7.56. The van der Waals surface area contributed by atoms with Gasteiger partial charge in [-0.2, -0.15) is 0 Å². The Hall–Kier alpha value is -1.36. The maximum absolute atomic E-state index is 12.1. The Morgan fingerprint density at radius 1 is 0.550 bits per heavy atom. The molecular weight excluding hydrogens is 500 g/mol. The molecule has 0 aromatic rings. The maximum atomic E-state index is 12.1. The molecule has 5 heteroatoms. The van der Waals surface area contributed by atoms with Crippen LogP contribution in [0.4, 0.5) is 0 Å². The molecule has 0 fully saturated rings. The van der Waals surface area contributed by atoms with Crippen LogP contribution < -0.4 is 0 Å². The zero-order valence-electron chi connectivity index (χ0n) is 26.6. The number of carbonyl (C=O) groups excluding carboxylic acids is 2. The Morgan fingerprint density at radius 3 is 1.38 bits per heavy atom. The highest BCUT2D eigenvalue weighted by atomic mass is 16.6. The third-order valence-corrected chi connectivity index (χ3v) is 7.56. The Balaban J connectivity index is 3.56. The second-order valence-electron chi connectivity index (χ2n) is 11.6. The SMILES string of the molecule is CCCCCC/C=C/CCCCCCCCCC(=O)O[C@@H](CO)COC(=O)CCCCCCCCCCCCC. The molecule has 0 spiro atoms. The lowest BCUT2D eigenvalue weighted by Gasteiger charge is -2.15. The van der Waals surface area contributed by atoms with E-state index in [-0.39, 0.29) is 25.2 Å². The average molecular weight is 567 g/mol. The van der Waals surface area contributed by atoms with E-state index in [0.29, 0.717) is 12.8 Å². The second kappa shape index (κ2) is 32.2. The van der Waals surface area contributed by atoms with Crippen molar-refractivity contribution in [3.8, 4) is 0 Å². The highest BCUT2D eigenvalue weighted by Crippen LogP contribution is 2.13. The molecule has 5 nitrogen and oxygen atoms in total. The predicted molar refractivity (Wildman–Crippen MR) is 168 cm³/mol. The molecule has 0 unspecified atom stereocenters. The zero-order valence-corrected chi connectivity index (χ0v) is 26.6. The largest absolute Gasteiger partial charge is 0.462 e. The van der Waals surface area contributed by atoms with Crippen molar-refractivity contribution in [1.29, 1.82) is 0 Å². The molecule has 236 valence electrons. The lowest BCUT2D eigenvalue weighted by atomic mass is 10.1. The summed E-state index contributed by atoms with van der Waals surface area (Å²) >= 11 is 0. The number of aliphatic hydroxyl groups excluding tert-OH is 1. The summed E-state index contributed by atoms with van der Waals surface area (Å²) in [7, 11) is 0. The van der Waals surface area contributed by atoms with Gasteiger partial charge in [-0.25, -0.2) is 0 Å². The fraction of sp³-hybridized carbons (Fsp3) is 0.886. The minimum atomic E-state index is -0.765. The van der Waals surface area contributed by atoms with E-state index in [4.69, 9.17) is 9.47 Å². The van der Waals surface area contributed by atoms with Crippen LogP contribution in [0.1, 0.15) is 181 Å². The molecule has 0 aliphatic heterocycles. The van der Waals surface area contributed by atoms with Gasteiger partial charge in [-0.15, -0.1) is 0 Å². The number of ether oxygens (including phenoxy) is 2. The molecule has 0 heterocycles. The monoisotopic (exact) mass is 566 g/mol. The van der Waals surface area contributed by atoms with Crippen LogP contribution >= 0.6 is 0 Å². The van der Waals surface area contributed by atoms with Crippen LogP contribution in [0.25, 0.3) is 0 Å². The van der Waals surface area contributed by atoms with Gasteiger partial charge in [0.25, 0.3) is 0 Å². The van der Waals surface area contributed by atoms with Crippen molar-refractivity contribution < 1.29 is 24.2 Å². The molecule has 0 bridgehead atoms. The van der Waals surface area contributed by atoms with Gasteiger partial charge in [0.2, 0.25) is 0 Å². The molecule has 40 heavy (non-hydrogen) atoms. The first-order chi connectivity index (χ1) is 19.6. The molecule has 1 atom stereocenters. The second-order valence-corrected chi connectivity index (χ2v) is 11.6. The van der Waals surface area contributed by atoms with E-state index in [9.17, 15) is 14.7 Å². The minimum Gasteiger partial charge on any atom is -0.462 e. The number of hydrogen-bond acceptors (Lipinski definition) is 5. The molecule has 0 saturated heterocycles. The van der Waals surface area contributed by atoms with Gasteiger partial charge in [0.05, 0.1) is 6.61 Å². The topological polar surface area (TPSA) is 72.8 Å². The number of esters is 2.